The maximum absolute atomic E-state index is 10.9. The zero-order valence-electron chi connectivity index (χ0n) is 8.98. The summed E-state index contributed by atoms with van der Waals surface area (Å²) < 4.78 is 14.4. The third-order valence-corrected chi connectivity index (χ3v) is 2.05. The Bertz CT molecular complexity index is 270. The van der Waals surface area contributed by atoms with Crippen LogP contribution in [-0.2, 0) is 14.2 Å². The fraction of sp³-hybridized carbons (Fsp3) is 0.778. The van der Waals surface area contributed by atoms with Gasteiger partial charge in [0, 0.05) is 5.41 Å². The maximum Gasteiger partial charge on any atom is 0.508 e. The molecular formula is C9H15NO5. The van der Waals surface area contributed by atoms with Crippen molar-refractivity contribution < 1.29 is 23.8 Å². The van der Waals surface area contributed by atoms with E-state index >= 15 is 0 Å². The Labute approximate surface area is 87.7 Å². The first-order valence-electron chi connectivity index (χ1n) is 4.60. The van der Waals surface area contributed by atoms with Crippen molar-refractivity contribution in [3.05, 3.63) is 0 Å². The first-order valence-corrected chi connectivity index (χ1v) is 4.60. The molecule has 6 nitrogen and oxygen atoms in total. The van der Waals surface area contributed by atoms with Gasteiger partial charge in [-0.3, -0.25) is 0 Å². The number of cyclic esters (lactones) is 2. The highest BCUT2D eigenvalue weighted by atomic mass is 16.8. The molecule has 2 N–H and O–H groups in total. The van der Waals surface area contributed by atoms with Crippen LogP contribution in [0, 0.1) is 5.41 Å². The molecular weight excluding hydrogens is 202 g/mol. The monoisotopic (exact) mass is 217 g/mol. The molecule has 0 aromatic rings. The Kier molecular flexibility index (Phi) is 3.06. The number of hydrogen-bond acceptors (Lipinski definition) is 5. The molecule has 1 aliphatic rings. The van der Waals surface area contributed by atoms with E-state index < -0.39 is 24.5 Å². The summed E-state index contributed by atoms with van der Waals surface area (Å²) in [5.41, 5.74) is 4.56. The molecule has 0 saturated carbocycles. The van der Waals surface area contributed by atoms with Crippen molar-refractivity contribution in [2.75, 3.05) is 6.61 Å². The first-order chi connectivity index (χ1) is 6.80. The second-order valence-corrected chi connectivity index (χ2v) is 4.44. The van der Waals surface area contributed by atoms with Gasteiger partial charge in [0.25, 0.3) is 0 Å². The van der Waals surface area contributed by atoms with E-state index in [0.717, 1.165) is 0 Å². The normalized spacial score (nSPS) is 26.5. The van der Waals surface area contributed by atoms with Gasteiger partial charge < -0.3 is 19.9 Å². The quantitative estimate of drug-likeness (QED) is 0.663. The molecule has 1 heterocycles. The van der Waals surface area contributed by atoms with Gasteiger partial charge in [-0.2, -0.15) is 0 Å². The van der Waals surface area contributed by atoms with Crippen LogP contribution in [0.4, 0.5) is 9.59 Å². The predicted molar refractivity (Wildman–Crippen MR) is 50.1 cm³/mol. The fourth-order valence-electron chi connectivity index (χ4n) is 1.43. The third-order valence-electron chi connectivity index (χ3n) is 2.05. The van der Waals surface area contributed by atoms with Crippen molar-refractivity contribution in [3.63, 3.8) is 0 Å². The molecule has 1 aliphatic heterocycles. The number of carbonyl (C=O) groups is 2. The molecule has 0 bridgehead atoms. The van der Waals surface area contributed by atoms with Crippen LogP contribution in [-0.4, -0.2) is 31.1 Å². The minimum absolute atomic E-state index is 0.0241. The fourth-order valence-corrected chi connectivity index (χ4v) is 1.43. The van der Waals surface area contributed by atoms with Gasteiger partial charge in [-0.25, -0.2) is 9.59 Å². The van der Waals surface area contributed by atoms with Crippen LogP contribution in [0.25, 0.3) is 0 Å². The summed E-state index contributed by atoms with van der Waals surface area (Å²) in [4.78, 5) is 21.6. The van der Waals surface area contributed by atoms with Crippen LogP contribution in [0.1, 0.15) is 20.8 Å². The van der Waals surface area contributed by atoms with Crippen molar-refractivity contribution in [2.45, 2.75) is 33.0 Å². The van der Waals surface area contributed by atoms with Gasteiger partial charge in [-0.15, -0.1) is 0 Å². The van der Waals surface area contributed by atoms with Crippen LogP contribution in [0.5, 0.6) is 0 Å². The molecule has 2 atom stereocenters. The number of ether oxygens (including phenoxy) is 3. The van der Waals surface area contributed by atoms with E-state index in [9.17, 15) is 9.59 Å². The predicted octanol–water partition coefficient (Wildman–Crippen LogP) is 1.03. The van der Waals surface area contributed by atoms with Crippen LogP contribution in [0.2, 0.25) is 0 Å². The lowest BCUT2D eigenvalue weighted by Crippen LogP contribution is -2.50. The van der Waals surface area contributed by atoms with Crippen molar-refractivity contribution in [3.8, 4) is 0 Å². The average Bonchev–Trinajstić information content (AvgIpc) is 2.05. The molecule has 1 fully saturated rings. The summed E-state index contributed by atoms with van der Waals surface area (Å²) in [6, 6.07) is 0. The zero-order valence-corrected chi connectivity index (χ0v) is 8.98. The summed E-state index contributed by atoms with van der Waals surface area (Å²) in [5, 5.41) is 0. The topological polar surface area (TPSA) is 87.8 Å². The van der Waals surface area contributed by atoms with Crippen LogP contribution >= 0.6 is 0 Å². The number of rotatable bonds is 1. The molecule has 6 heteroatoms. The van der Waals surface area contributed by atoms with E-state index in [0.29, 0.717) is 0 Å². The Hall–Kier alpha value is -1.46. The van der Waals surface area contributed by atoms with Gasteiger partial charge in [0.05, 0.1) is 0 Å². The second-order valence-electron chi connectivity index (χ2n) is 4.44. The summed E-state index contributed by atoms with van der Waals surface area (Å²) in [7, 11) is 0. The Morgan fingerprint density at radius 3 is 2.60 bits per heavy atom. The van der Waals surface area contributed by atoms with Crippen LogP contribution in [0.3, 0.4) is 0 Å². The van der Waals surface area contributed by atoms with E-state index in [4.69, 9.17) is 15.2 Å². The van der Waals surface area contributed by atoms with Crippen LogP contribution < -0.4 is 5.73 Å². The lowest BCUT2D eigenvalue weighted by molar-refractivity contribution is -0.133. The van der Waals surface area contributed by atoms with Gasteiger partial charge in [-0.05, 0) is 0 Å². The summed E-state index contributed by atoms with van der Waals surface area (Å²) in [5.74, 6) is 0. The smallest absolute Gasteiger partial charge is 0.439 e. The van der Waals surface area contributed by atoms with Crippen molar-refractivity contribution in [2.24, 2.45) is 11.1 Å². The molecule has 2 unspecified atom stereocenters. The number of amides is 1. The Balaban J connectivity index is 2.75. The van der Waals surface area contributed by atoms with Gasteiger partial charge in [-0.1, -0.05) is 20.8 Å². The second kappa shape index (κ2) is 3.96. The number of carbonyl (C=O) groups excluding carboxylic acids is 2. The van der Waals surface area contributed by atoms with Crippen molar-refractivity contribution >= 4 is 12.2 Å². The van der Waals surface area contributed by atoms with E-state index in [1.165, 1.54) is 0 Å². The lowest BCUT2D eigenvalue weighted by Gasteiger charge is -2.37. The summed E-state index contributed by atoms with van der Waals surface area (Å²) >= 11 is 0. The van der Waals surface area contributed by atoms with E-state index in [2.05, 4.69) is 4.74 Å². The average molecular weight is 217 g/mol. The SMILES string of the molecule is CC(C)(C)C1OC(=O)OCC1OC(N)=O. The van der Waals surface area contributed by atoms with Gasteiger partial charge >= 0.3 is 12.2 Å². The number of primary amides is 1. The minimum atomic E-state index is -0.907. The van der Waals surface area contributed by atoms with Gasteiger partial charge in [0.2, 0.25) is 0 Å². The summed E-state index contributed by atoms with van der Waals surface area (Å²) in [6.07, 6.45) is -2.86. The number of nitrogens with two attached hydrogens (primary N) is 1. The van der Waals surface area contributed by atoms with E-state index in [1.807, 2.05) is 20.8 Å². The molecule has 0 aromatic heterocycles. The van der Waals surface area contributed by atoms with E-state index in [1.54, 1.807) is 0 Å². The standard InChI is InChI=1S/C9H15NO5/c1-9(2,3)6-5(14-7(10)11)4-13-8(12)15-6/h5-6H,4H2,1-3H3,(H2,10,11). The van der Waals surface area contributed by atoms with E-state index in [-0.39, 0.29) is 12.0 Å². The molecule has 0 aliphatic carbocycles. The number of hydrogen-bond donors (Lipinski definition) is 1. The molecule has 0 radical (unpaired) electrons. The molecule has 1 saturated heterocycles. The minimum Gasteiger partial charge on any atom is -0.439 e. The Morgan fingerprint density at radius 1 is 1.53 bits per heavy atom. The molecule has 15 heavy (non-hydrogen) atoms. The molecule has 1 rings (SSSR count). The molecule has 0 spiro atoms. The first kappa shape index (κ1) is 11.6. The van der Waals surface area contributed by atoms with Gasteiger partial charge in [0.15, 0.2) is 12.2 Å². The molecule has 86 valence electrons. The van der Waals surface area contributed by atoms with Crippen LogP contribution in [0.15, 0.2) is 0 Å². The molecule has 0 aromatic carbocycles. The highest BCUT2D eigenvalue weighted by Gasteiger charge is 2.42. The zero-order chi connectivity index (χ0) is 11.6. The highest BCUT2D eigenvalue weighted by molar-refractivity contribution is 5.65. The lowest BCUT2D eigenvalue weighted by atomic mass is 9.85. The maximum atomic E-state index is 10.9. The van der Waals surface area contributed by atoms with Gasteiger partial charge in [0.1, 0.15) is 6.61 Å². The third kappa shape index (κ3) is 3.00. The Morgan fingerprint density at radius 2 is 2.13 bits per heavy atom. The summed E-state index contributed by atoms with van der Waals surface area (Å²) in [6.45, 7) is 5.58. The molecule has 1 amide bonds. The van der Waals surface area contributed by atoms with Crippen molar-refractivity contribution in [1.29, 1.82) is 0 Å². The van der Waals surface area contributed by atoms with Crippen molar-refractivity contribution in [1.82, 2.24) is 0 Å². The highest BCUT2D eigenvalue weighted by Crippen LogP contribution is 2.29. The largest absolute Gasteiger partial charge is 0.508 e.